The maximum absolute atomic E-state index is 12.8. The lowest BCUT2D eigenvalue weighted by atomic mass is 9.83. The highest BCUT2D eigenvalue weighted by Gasteiger charge is 2.46. The fourth-order valence-corrected chi connectivity index (χ4v) is 3.77. The molecule has 6 heteroatoms. The number of carbonyl (C=O) groups is 2. The van der Waals surface area contributed by atoms with E-state index in [1.165, 1.54) is 6.92 Å². The van der Waals surface area contributed by atoms with E-state index in [9.17, 15) is 9.59 Å². The molecule has 0 unspecified atom stereocenters. The van der Waals surface area contributed by atoms with Crippen LogP contribution in [-0.2, 0) is 9.59 Å². The first-order chi connectivity index (χ1) is 9.95. The number of nitrogens with one attached hydrogen (secondary N) is 1. The van der Waals surface area contributed by atoms with Gasteiger partial charge in [-0.05, 0) is 31.6 Å². The van der Waals surface area contributed by atoms with Crippen LogP contribution in [0.2, 0.25) is 0 Å². The number of nitrogens with two attached hydrogens (primary N) is 1. The van der Waals surface area contributed by atoms with Gasteiger partial charge in [0.25, 0.3) is 0 Å². The van der Waals surface area contributed by atoms with Gasteiger partial charge in [0.2, 0.25) is 11.8 Å². The fourth-order valence-electron chi connectivity index (χ4n) is 3.48. The summed E-state index contributed by atoms with van der Waals surface area (Å²) in [6, 6.07) is 0. The Morgan fingerprint density at radius 1 is 1.29 bits per heavy atom. The lowest BCUT2D eigenvalue weighted by molar-refractivity contribution is -0.139. The second kappa shape index (κ2) is 6.73. The molecule has 0 aromatic carbocycles. The van der Waals surface area contributed by atoms with Crippen LogP contribution < -0.4 is 11.1 Å². The van der Waals surface area contributed by atoms with E-state index < -0.39 is 5.41 Å². The molecular weight excluding hydrogens is 286 g/mol. The fraction of sp³-hybridized carbons (Fsp3) is 0.800. The molecule has 0 spiro atoms. The number of nitrogens with zero attached hydrogens (tertiary/aromatic N) is 1. The lowest BCUT2D eigenvalue weighted by Gasteiger charge is -2.38. The van der Waals surface area contributed by atoms with Crippen molar-refractivity contribution in [2.75, 3.05) is 19.6 Å². The molecule has 2 fully saturated rings. The summed E-state index contributed by atoms with van der Waals surface area (Å²) >= 11 is 5.19. The predicted octanol–water partition coefficient (Wildman–Crippen LogP) is 1.21. The minimum atomic E-state index is -0.584. The van der Waals surface area contributed by atoms with Crippen molar-refractivity contribution in [3.63, 3.8) is 0 Å². The molecule has 2 rings (SSSR count). The van der Waals surface area contributed by atoms with Crippen molar-refractivity contribution in [1.82, 2.24) is 10.2 Å². The van der Waals surface area contributed by atoms with Crippen molar-refractivity contribution >= 4 is 29.0 Å². The Kier molecular flexibility index (Phi) is 5.19. The third-order valence-corrected chi connectivity index (χ3v) is 5.27. The minimum Gasteiger partial charge on any atom is -0.392 e. The van der Waals surface area contributed by atoms with Crippen LogP contribution in [0.3, 0.4) is 0 Å². The Balaban J connectivity index is 1.91. The number of hydrogen-bond acceptors (Lipinski definition) is 3. The number of piperidine rings is 1. The van der Waals surface area contributed by atoms with E-state index in [4.69, 9.17) is 18.0 Å². The number of rotatable bonds is 4. The first-order valence-corrected chi connectivity index (χ1v) is 8.20. The molecule has 2 amide bonds. The Labute approximate surface area is 131 Å². The molecule has 1 heterocycles. The van der Waals surface area contributed by atoms with Crippen molar-refractivity contribution in [2.45, 2.75) is 45.4 Å². The molecule has 118 valence electrons. The van der Waals surface area contributed by atoms with Crippen LogP contribution in [0.15, 0.2) is 0 Å². The number of amides is 2. The van der Waals surface area contributed by atoms with Crippen molar-refractivity contribution in [2.24, 2.45) is 17.1 Å². The zero-order chi connectivity index (χ0) is 15.5. The molecular formula is C15H25N3O2S. The quantitative estimate of drug-likeness (QED) is 0.765. The molecule has 1 aliphatic heterocycles. The van der Waals surface area contributed by atoms with Gasteiger partial charge in [0.05, 0.1) is 10.4 Å². The van der Waals surface area contributed by atoms with Crippen LogP contribution in [0.25, 0.3) is 0 Å². The van der Waals surface area contributed by atoms with Gasteiger partial charge in [0.1, 0.15) is 0 Å². The number of carbonyl (C=O) groups excluding carboxylic acids is 2. The summed E-state index contributed by atoms with van der Waals surface area (Å²) in [6.07, 6.45) is 5.52. The summed E-state index contributed by atoms with van der Waals surface area (Å²) in [5.74, 6) is 0.597. The molecule has 1 saturated carbocycles. The lowest BCUT2D eigenvalue weighted by Crippen LogP contribution is -2.51. The molecule has 3 N–H and O–H groups in total. The molecule has 5 nitrogen and oxygen atoms in total. The Bertz CT molecular complexity index is 425. The van der Waals surface area contributed by atoms with E-state index in [1.54, 1.807) is 0 Å². The summed E-state index contributed by atoms with van der Waals surface area (Å²) in [4.78, 5) is 26.1. The average molecular weight is 311 g/mol. The van der Waals surface area contributed by atoms with Crippen molar-refractivity contribution < 1.29 is 9.59 Å². The van der Waals surface area contributed by atoms with E-state index in [0.29, 0.717) is 17.5 Å². The zero-order valence-electron chi connectivity index (χ0n) is 12.7. The molecule has 0 aromatic rings. The molecule has 0 aromatic heterocycles. The van der Waals surface area contributed by atoms with Crippen molar-refractivity contribution in [3.05, 3.63) is 0 Å². The van der Waals surface area contributed by atoms with Crippen LogP contribution in [0, 0.1) is 11.3 Å². The highest BCUT2D eigenvalue weighted by molar-refractivity contribution is 7.80. The molecule has 21 heavy (non-hydrogen) atoms. The molecule has 1 aliphatic carbocycles. The van der Waals surface area contributed by atoms with Gasteiger partial charge < -0.3 is 16.0 Å². The summed E-state index contributed by atoms with van der Waals surface area (Å²) in [6.45, 7) is 3.73. The van der Waals surface area contributed by atoms with Gasteiger partial charge in [0.15, 0.2) is 0 Å². The Hall–Kier alpha value is -1.17. The monoisotopic (exact) mass is 311 g/mol. The van der Waals surface area contributed by atoms with Gasteiger partial charge in [-0.1, -0.05) is 25.1 Å². The average Bonchev–Trinajstić information content (AvgIpc) is 2.95. The summed E-state index contributed by atoms with van der Waals surface area (Å²) < 4.78 is 0. The molecule has 0 atom stereocenters. The summed E-state index contributed by atoms with van der Waals surface area (Å²) in [7, 11) is 0. The largest absolute Gasteiger partial charge is 0.392 e. The maximum Gasteiger partial charge on any atom is 0.235 e. The van der Waals surface area contributed by atoms with Gasteiger partial charge in [0, 0.05) is 26.6 Å². The Morgan fingerprint density at radius 2 is 1.86 bits per heavy atom. The van der Waals surface area contributed by atoms with Crippen LogP contribution in [0.1, 0.15) is 45.4 Å². The van der Waals surface area contributed by atoms with E-state index >= 15 is 0 Å². The summed E-state index contributed by atoms with van der Waals surface area (Å²) in [5.41, 5.74) is 5.30. The third kappa shape index (κ3) is 3.54. The SMILES string of the molecule is CC(=O)NCC1CCN(C(=O)C2(C(N)=S)CCCC2)CC1. The molecule has 0 bridgehead atoms. The number of thiocarbonyl (C=S) groups is 1. The number of likely N-dealkylation sites (tertiary alicyclic amines) is 1. The zero-order valence-corrected chi connectivity index (χ0v) is 13.5. The van der Waals surface area contributed by atoms with Crippen molar-refractivity contribution in [1.29, 1.82) is 0 Å². The van der Waals surface area contributed by atoms with Gasteiger partial charge in [-0.15, -0.1) is 0 Å². The minimum absolute atomic E-state index is 0.00638. The second-order valence-electron chi connectivity index (χ2n) is 6.33. The van der Waals surface area contributed by atoms with Crippen LogP contribution in [0.4, 0.5) is 0 Å². The topological polar surface area (TPSA) is 75.4 Å². The third-order valence-electron chi connectivity index (χ3n) is 4.88. The number of hydrogen-bond donors (Lipinski definition) is 2. The van der Waals surface area contributed by atoms with E-state index in [-0.39, 0.29) is 11.8 Å². The van der Waals surface area contributed by atoms with Crippen LogP contribution in [0.5, 0.6) is 0 Å². The van der Waals surface area contributed by atoms with Crippen LogP contribution >= 0.6 is 12.2 Å². The Morgan fingerprint density at radius 3 is 2.33 bits per heavy atom. The summed E-state index contributed by atoms with van der Waals surface area (Å²) in [5, 5.41) is 2.86. The van der Waals surface area contributed by atoms with E-state index in [0.717, 1.165) is 51.6 Å². The van der Waals surface area contributed by atoms with E-state index in [1.807, 2.05) is 4.90 Å². The smallest absolute Gasteiger partial charge is 0.235 e. The van der Waals surface area contributed by atoms with Gasteiger partial charge in [-0.2, -0.15) is 0 Å². The maximum atomic E-state index is 12.8. The normalized spacial score (nSPS) is 22.0. The first kappa shape index (κ1) is 16.2. The van der Waals surface area contributed by atoms with Crippen LogP contribution in [-0.4, -0.2) is 41.3 Å². The highest BCUT2D eigenvalue weighted by Crippen LogP contribution is 2.40. The molecule has 2 aliphatic rings. The predicted molar refractivity (Wildman–Crippen MR) is 85.7 cm³/mol. The molecule has 0 radical (unpaired) electrons. The van der Waals surface area contributed by atoms with Gasteiger partial charge in [-0.25, -0.2) is 0 Å². The second-order valence-corrected chi connectivity index (χ2v) is 6.77. The highest BCUT2D eigenvalue weighted by atomic mass is 32.1. The first-order valence-electron chi connectivity index (χ1n) is 7.79. The standard InChI is InChI=1S/C15H25N3O2S/c1-11(19)17-10-12-4-8-18(9-5-12)14(20)15(13(16)21)6-2-3-7-15/h12H,2-10H2,1H3,(H2,16,21)(H,17,19). The van der Waals surface area contributed by atoms with Gasteiger partial charge in [-0.3, -0.25) is 9.59 Å². The van der Waals surface area contributed by atoms with E-state index in [2.05, 4.69) is 5.32 Å². The van der Waals surface area contributed by atoms with Gasteiger partial charge >= 0.3 is 0 Å². The molecule has 1 saturated heterocycles. The van der Waals surface area contributed by atoms with Crippen molar-refractivity contribution in [3.8, 4) is 0 Å².